The Morgan fingerprint density at radius 1 is 1.00 bits per heavy atom. The molecule has 140 valence electrons. The minimum atomic E-state index is -0.564. The highest BCUT2D eigenvalue weighted by Gasteiger charge is 2.19. The van der Waals surface area contributed by atoms with Crippen molar-refractivity contribution in [1.82, 2.24) is 9.97 Å². The first kappa shape index (κ1) is 18.6. The van der Waals surface area contributed by atoms with Crippen LogP contribution < -0.4 is 10.1 Å². The van der Waals surface area contributed by atoms with Gasteiger partial charge in [-0.1, -0.05) is 24.3 Å². The molecule has 0 aliphatic carbocycles. The van der Waals surface area contributed by atoms with E-state index in [-0.39, 0.29) is 12.3 Å². The predicted octanol–water partition coefficient (Wildman–Crippen LogP) is 3.58. The fourth-order valence-electron chi connectivity index (χ4n) is 2.51. The number of anilines is 2. The minimum Gasteiger partial charge on any atom is -0.495 e. The summed E-state index contributed by atoms with van der Waals surface area (Å²) in [4.78, 5) is 21.6. The lowest BCUT2D eigenvalue weighted by molar-refractivity contribution is 0.0330. The Morgan fingerprint density at radius 2 is 1.70 bits per heavy atom. The monoisotopic (exact) mass is 367 g/mol. The van der Waals surface area contributed by atoms with E-state index in [0.717, 1.165) is 0 Å². The Hall–Kier alpha value is -3.19. The standard InChI is InChI=1S/C20H21N3O4/c1-3-26-12-13-27-20(24)18-19(22-15-9-5-4-8-14(15)21-18)23-16-10-6-7-11-17(16)25-2/h4-11H,3,12-13H2,1-2H3,(H,22,23). The van der Waals surface area contributed by atoms with Gasteiger partial charge in [-0.05, 0) is 31.2 Å². The number of rotatable bonds is 8. The van der Waals surface area contributed by atoms with E-state index in [4.69, 9.17) is 14.2 Å². The van der Waals surface area contributed by atoms with E-state index in [0.29, 0.717) is 41.5 Å². The van der Waals surface area contributed by atoms with Crippen LogP contribution in [0.4, 0.5) is 11.5 Å². The van der Waals surface area contributed by atoms with Crippen LogP contribution in [0.15, 0.2) is 48.5 Å². The number of fused-ring (bicyclic) bond motifs is 1. The molecule has 0 unspecified atom stereocenters. The van der Waals surface area contributed by atoms with Gasteiger partial charge in [0.1, 0.15) is 12.4 Å². The first-order valence-electron chi connectivity index (χ1n) is 8.64. The number of hydrogen-bond acceptors (Lipinski definition) is 7. The molecule has 2 aromatic carbocycles. The van der Waals surface area contributed by atoms with Gasteiger partial charge in [-0.25, -0.2) is 14.8 Å². The SMILES string of the molecule is CCOCCOC(=O)c1nc2ccccc2nc1Nc1ccccc1OC. The van der Waals surface area contributed by atoms with E-state index in [1.165, 1.54) is 0 Å². The average Bonchev–Trinajstić information content (AvgIpc) is 2.71. The molecule has 1 aromatic heterocycles. The number of para-hydroxylation sites is 4. The van der Waals surface area contributed by atoms with E-state index in [2.05, 4.69) is 15.3 Å². The molecule has 1 N–H and O–H groups in total. The number of methoxy groups -OCH3 is 1. The third kappa shape index (κ3) is 4.51. The highest BCUT2D eigenvalue weighted by atomic mass is 16.6. The Kier molecular flexibility index (Phi) is 6.17. The third-order valence-electron chi connectivity index (χ3n) is 3.79. The quantitative estimate of drug-likeness (QED) is 0.481. The third-order valence-corrected chi connectivity index (χ3v) is 3.79. The molecule has 0 fully saturated rings. The van der Waals surface area contributed by atoms with Gasteiger partial charge < -0.3 is 19.5 Å². The Balaban J connectivity index is 1.95. The molecule has 0 spiro atoms. The number of ether oxygens (including phenoxy) is 3. The summed E-state index contributed by atoms with van der Waals surface area (Å²) in [6.07, 6.45) is 0. The van der Waals surface area contributed by atoms with Crippen LogP contribution in [-0.2, 0) is 9.47 Å². The maximum Gasteiger partial charge on any atom is 0.360 e. The lowest BCUT2D eigenvalue weighted by Crippen LogP contribution is -2.15. The number of aromatic nitrogens is 2. The molecule has 7 heteroatoms. The summed E-state index contributed by atoms with van der Waals surface area (Å²) < 4.78 is 15.8. The number of carbonyl (C=O) groups is 1. The zero-order valence-electron chi connectivity index (χ0n) is 15.3. The molecule has 0 radical (unpaired) electrons. The van der Waals surface area contributed by atoms with Crippen LogP contribution in [0.3, 0.4) is 0 Å². The van der Waals surface area contributed by atoms with Crippen LogP contribution >= 0.6 is 0 Å². The van der Waals surface area contributed by atoms with Crippen molar-refractivity contribution < 1.29 is 19.0 Å². The Bertz CT molecular complexity index is 930. The second kappa shape index (κ2) is 8.95. The second-order valence-electron chi connectivity index (χ2n) is 5.57. The van der Waals surface area contributed by atoms with Crippen molar-refractivity contribution in [2.75, 3.05) is 32.2 Å². The molecular formula is C20H21N3O4. The van der Waals surface area contributed by atoms with Crippen molar-refractivity contribution in [2.24, 2.45) is 0 Å². The molecule has 3 aromatic rings. The summed E-state index contributed by atoms with van der Waals surface area (Å²) >= 11 is 0. The summed E-state index contributed by atoms with van der Waals surface area (Å²) in [5.41, 5.74) is 2.06. The number of nitrogens with one attached hydrogen (secondary N) is 1. The molecule has 0 bridgehead atoms. The lowest BCUT2D eigenvalue weighted by atomic mass is 10.2. The maximum absolute atomic E-state index is 12.6. The van der Waals surface area contributed by atoms with Gasteiger partial charge in [-0.2, -0.15) is 0 Å². The van der Waals surface area contributed by atoms with E-state index in [1.54, 1.807) is 13.2 Å². The first-order chi connectivity index (χ1) is 13.2. The smallest absolute Gasteiger partial charge is 0.360 e. The molecular weight excluding hydrogens is 346 g/mol. The molecule has 27 heavy (non-hydrogen) atoms. The minimum absolute atomic E-state index is 0.108. The van der Waals surface area contributed by atoms with Gasteiger partial charge in [0.2, 0.25) is 0 Å². The normalized spacial score (nSPS) is 10.6. The molecule has 0 aliphatic heterocycles. The zero-order chi connectivity index (χ0) is 19.1. The fourth-order valence-corrected chi connectivity index (χ4v) is 2.51. The summed E-state index contributed by atoms with van der Waals surface area (Å²) in [6, 6.07) is 14.7. The second-order valence-corrected chi connectivity index (χ2v) is 5.57. The number of esters is 1. The van der Waals surface area contributed by atoms with Crippen molar-refractivity contribution in [3.63, 3.8) is 0 Å². The summed E-state index contributed by atoms with van der Waals surface area (Å²) in [5, 5.41) is 3.14. The fraction of sp³-hybridized carbons (Fsp3) is 0.250. The van der Waals surface area contributed by atoms with Crippen LogP contribution in [0.25, 0.3) is 11.0 Å². The van der Waals surface area contributed by atoms with Crippen molar-refractivity contribution in [2.45, 2.75) is 6.92 Å². The molecule has 1 heterocycles. The van der Waals surface area contributed by atoms with Crippen LogP contribution in [0.2, 0.25) is 0 Å². The molecule has 0 saturated carbocycles. The first-order valence-corrected chi connectivity index (χ1v) is 8.64. The van der Waals surface area contributed by atoms with Gasteiger partial charge in [-0.15, -0.1) is 0 Å². The lowest BCUT2D eigenvalue weighted by Gasteiger charge is -2.13. The van der Waals surface area contributed by atoms with Crippen molar-refractivity contribution in [3.8, 4) is 5.75 Å². The van der Waals surface area contributed by atoms with Crippen LogP contribution in [-0.4, -0.2) is 42.9 Å². The highest BCUT2D eigenvalue weighted by molar-refractivity contribution is 5.96. The van der Waals surface area contributed by atoms with E-state index in [1.807, 2.05) is 49.4 Å². The van der Waals surface area contributed by atoms with Crippen molar-refractivity contribution in [3.05, 3.63) is 54.2 Å². The van der Waals surface area contributed by atoms with E-state index >= 15 is 0 Å². The van der Waals surface area contributed by atoms with Crippen molar-refractivity contribution >= 4 is 28.5 Å². The van der Waals surface area contributed by atoms with Crippen LogP contribution in [0.5, 0.6) is 5.75 Å². The largest absolute Gasteiger partial charge is 0.495 e. The summed E-state index contributed by atoms with van der Waals surface area (Å²) in [7, 11) is 1.58. The van der Waals surface area contributed by atoms with Gasteiger partial charge in [0.25, 0.3) is 0 Å². The zero-order valence-corrected chi connectivity index (χ0v) is 15.3. The molecule has 0 saturated heterocycles. The van der Waals surface area contributed by atoms with Crippen molar-refractivity contribution in [1.29, 1.82) is 0 Å². The van der Waals surface area contributed by atoms with Crippen LogP contribution in [0, 0.1) is 0 Å². The number of carbonyl (C=O) groups excluding carboxylic acids is 1. The molecule has 3 rings (SSSR count). The maximum atomic E-state index is 12.6. The predicted molar refractivity (Wildman–Crippen MR) is 103 cm³/mol. The Morgan fingerprint density at radius 3 is 2.44 bits per heavy atom. The summed E-state index contributed by atoms with van der Waals surface area (Å²) in [6.45, 7) is 2.92. The van der Waals surface area contributed by atoms with Gasteiger partial charge in [0.15, 0.2) is 11.5 Å². The van der Waals surface area contributed by atoms with Gasteiger partial charge in [0.05, 0.1) is 30.4 Å². The number of hydrogen-bond donors (Lipinski definition) is 1. The van der Waals surface area contributed by atoms with Crippen LogP contribution in [0.1, 0.15) is 17.4 Å². The molecule has 7 nitrogen and oxygen atoms in total. The molecule has 0 aliphatic rings. The topological polar surface area (TPSA) is 82.6 Å². The van der Waals surface area contributed by atoms with E-state index in [9.17, 15) is 4.79 Å². The van der Waals surface area contributed by atoms with Gasteiger partial charge >= 0.3 is 5.97 Å². The molecule has 0 atom stereocenters. The Labute approximate surface area is 157 Å². The average molecular weight is 367 g/mol. The number of nitrogens with zero attached hydrogens (tertiary/aromatic N) is 2. The van der Waals surface area contributed by atoms with Gasteiger partial charge in [0, 0.05) is 6.61 Å². The number of benzene rings is 2. The summed E-state index contributed by atoms with van der Waals surface area (Å²) in [5.74, 6) is 0.369. The molecule has 0 amide bonds. The van der Waals surface area contributed by atoms with Gasteiger partial charge in [-0.3, -0.25) is 0 Å². The highest BCUT2D eigenvalue weighted by Crippen LogP contribution is 2.28. The van der Waals surface area contributed by atoms with E-state index < -0.39 is 5.97 Å².